The lowest BCUT2D eigenvalue weighted by Gasteiger charge is -2.13. The van der Waals surface area contributed by atoms with Gasteiger partial charge in [-0.1, -0.05) is 6.92 Å². The van der Waals surface area contributed by atoms with E-state index in [1.807, 2.05) is 6.92 Å². The van der Waals surface area contributed by atoms with Gasteiger partial charge in [0.2, 0.25) is 5.91 Å². The highest BCUT2D eigenvalue weighted by Crippen LogP contribution is 2.15. The first kappa shape index (κ1) is 11.0. The minimum atomic E-state index is -0.886. The second-order valence-electron chi connectivity index (χ2n) is 3.68. The molecular weight excluding hydrogens is 184 g/mol. The van der Waals surface area contributed by atoms with Crippen molar-refractivity contribution in [3.05, 3.63) is 0 Å². The summed E-state index contributed by atoms with van der Waals surface area (Å²) in [5, 5.41) is 14.1. The molecule has 0 spiro atoms. The van der Waals surface area contributed by atoms with Gasteiger partial charge in [-0.05, 0) is 12.5 Å². The molecule has 1 aliphatic heterocycles. The molecule has 0 saturated carbocycles. The van der Waals surface area contributed by atoms with Crippen LogP contribution in [0.3, 0.4) is 0 Å². The summed E-state index contributed by atoms with van der Waals surface area (Å²) in [5.74, 6) is -0.602. The van der Waals surface area contributed by atoms with E-state index < -0.39 is 5.97 Å². The zero-order valence-electron chi connectivity index (χ0n) is 8.25. The summed E-state index contributed by atoms with van der Waals surface area (Å²) >= 11 is 0. The molecule has 14 heavy (non-hydrogen) atoms. The number of hydrogen-bond acceptors (Lipinski definition) is 3. The Balaban J connectivity index is 2.24. The highest BCUT2D eigenvalue weighted by Gasteiger charge is 2.29. The van der Waals surface area contributed by atoms with E-state index in [1.54, 1.807) is 0 Å². The van der Waals surface area contributed by atoms with Crippen molar-refractivity contribution in [1.29, 1.82) is 0 Å². The van der Waals surface area contributed by atoms with Crippen LogP contribution in [0.4, 0.5) is 0 Å². The van der Waals surface area contributed by atoms with Gasteiger partial charge in [0.1, 0.15) is 0 Å². The van der Waals surface area contributed by atoms with Crippen molar-refractivity contribution in [2.75, 3.05) is 19.6 Å². The van der Waals surface area contributed by atoms with E-state index in [-0.39, 0.29) is 24.8 Å². The second kappa shape index (κ2) is 4.95. The number of carboxylic acids is 1. The van der Waals surface area contributed by atoms with Gasteiger partial charge in [-0.15, -0.1) is 0 Å². The number of carbonyl (C=O) groups excluding carboxylic acids is 1. The predicted molar refractivity (Wildman–Crippen MR) is 50.8 cm³/mol. The maximum absolute atomic E-state index is 11.5. The Hall–Kier alpha value is -1.10. The number of nitrogens with one attached hydrogen (secondary N) is 2. The fourth-order valence-corrected chi connectivity index (χ4v) is 1.58. The van der Waals surface area contributed by atoms with Crippen LogP contribution in [-0.2, 0) is 9.59 Å². The highest BCUT2D eigenvalue weighted by atomic mass is 16.4. The van der Waals surface area contributed by atoms with Crippen molar-refractivity contribution in [3.8, 4) is 0 Å². The smallest absolute Gasteiger partial charge is 0.305 e. The lowest BCUT2D eigenvalue weighted by Crippen LogP contribution is -2.35. The number of rotatable bonds is 4. The summed E-state index contributed by atoms with van der Waals surface area (Å²) in [6.45, 7) is 3.79. The van der Waals surface area contributed by atoms with Crippen LogP contribution in [0.25, 0.3) is 0 Å². The molecule has 2 atom stereocenters. The van der Waals surface area contributed by atoms with Crippen molar-refractivity contribution >= 4 is 11.9 Å². The van der Waals surface area contributed by atoms with Crippen molar-refractivity contribution in [2.24, 2.45) is 11.8 Å². The largest absolute Gasteiger partial charge is 0.481 e. The fourth-order valence-electron chi connectivity index (χ4n) is 1.58. The molecule has 0 unspecified atom stereocenters. The van der Waals surface area contributed by atoms with Crippen LogP contribution in [0.2, 0.25) is 0 Å². The average Bonchev–Trinajstić information content (AvgIpc) is 2.50. The maximum Gasteiger partial charge on any atom is 0.305 e. The molecule has 1 rings (SSSR count). The van der Waals surface area contributed by atoms with Crippen LogP contribution in [0, 0.1) is 11.8 Å². The van der Waals surface area contributed by atoms with E-state index in [0.717, 1.165) is 6.54 Å². The van der Waals surface area contributed by atoms with E-state index in [9.17, 15) is 9.59 Å². The molecule has 1 saturated heterocycles. The topological polar surface area (TPSA) is 78.4 Å². The van der Waals surface area contributed by atoms with Crippen LogP contribution < -0.4 is 10.6 Å². The van der Waals surface area contributed by atoms with Crippen molar-refractivity contribution < 1.29 is 14.7 Å². The van der Waals surface area contributed by atoms with Gasteiger partial charge in [-0.25, -0.2) is 0 Å². The number of carbonyl (C=O) groups is 2. The molecule has 3 N–H and O–H groups in total. The Morgan fingerprint density at radius 2 is 2.21 bits per heavy atom. The minimum absolute atomic E-state index is 0.0104. The van der Waals surface area contributed by atoms with E-state index in [1.165, 1.54) is 0 Å². The molecule has 1 amide bonds. The van der Waals surface area contributed by atoms with Gasteiger partial charge in [0.15, 0.2) is 0 Å². The summed E-state index contributed by atoms with van der Waals surface area (Å²) in [4.78, 5) is 21.7. The van der Waals surface area contributed by atoms with Gasteiger partial charge in [-0.2, -0.15) is 0 Å². The zero-order valence-corrected chi connectivity index (χ0v) is 8.25. The third-order valence-electron chi connectivity index (χ3n) is 2.49. The molecule has 0 aromatic carbocycles. The van der Waals surface area contributed by atoms with Crippen LogP contribution in [0.1, 0.15) is 13.3 Å². The van der Waals surface area contributed by atoms with E-state index >= 15 is 0 Å². The number of amides is 1. The van der Waals surface area contributed by atoms with Crippen molar-refractivity contribution in [1.82, 2.24) is 10.6 Å². The Morgan fingerprint density at radius 1 is 1.50 bits per heavy atom. The van der Waals surface area contributed by atoms with E-state index in [0.29, 0.717) is 12.5 Å². The molecule has 80 valence electrons. The molecule has 1 aliphatic rings. The number of carboxylic acid groups (broad SMARTS) is 1. The summed E-state index contributed by atoms with van der Waals surface area (Å²) in [7, 11) is 0. The molecule has 5 nitrogen and oxygen atoms in total. The zero-order chi connectivity index (χ0) is 10.6. The van der Waals surface area contributed by atoms with Gasteiger partial charge >= 0.3 is 5.97 Å². The molecule has 0 aliphatic carbocycles. The summed E-state index contributed by atoms with van der Waals surface area (Å²) in [6.07, 6.45) is -0.0136. The molecule has 0 bridgehead atoms. The van der Waals surface area contributed by atoms with Crippen molar-refractivity contribution in [2.45, 2.75) is 13.3 Å². The third-order valence-corrected chi connectivity index (χ3v) is 2.49. The standard InChI is InChI=1S/C9H16N2O3/c1-6-4-10-5-7(6)9(14)11-3-2-8(12)13/h6-7,10H,2-5H2,1H3,(H,11,14)(H,12,13)/t6-,7-/m1/s1. The molecular formula is C9H16N2O3. The molecule has 1 fully saturated rings. The Morgan fingerprint density at radius 3 is 2.71 bits per heavy atom. The van der Waals surface area contributed by atoms with Crippen LogP contribution in [0.15, 0.2) is 0 Å². The van der Waals surface area contributed by atoms with Gasteiger partial charge in [0.05, 0.1) is 12.3 Å². The number of aliphatic carboxylic acids is 1. The molecule has 0 radical (unpaired) electrons. The Bertz CT molecular complexity index is 230. The minimum Gasteiger partial charge on any atom is -0.481 e. The molecule has 0 aromatic heterocycles. The van der Waals surface area contributed by atoms with Crippen molar-refractivity contribution in [3.63, 3.8) is 0 Å². The first-order valence-electron chi connectivity index (χ1n) is 4.81. The second-order valence-corrected chi connectivity index (χ2v) is 3.68. The van der Waals surface area contributed by atoms with E-state index in [4.69, 9.17) is 5.11 Å². The maximum atomic E-state index is 11.5. The summed E-state index contributed by atoms with van der Waals surface area (Å²) in [6, 6.07) is 0. The third kappa shape index (κ3) is 2.99. The monoisotopic (exact) mass is 200 g/mol. The SMILES string of the molecule is C[C@@H]1CNC[C@H]1C(=O)NCCC(=O)O. The van der Waals surface area contributed by atoms with Gasteiger partial charge < -0.3 is 15.7 Å². The lowest BCUT2D eigenvalue weighted by molar-refractivity contribution is -0.137. The van der Waals surface area contributed by atoms with Crippen LogP contribution in [-0.4, -0.2) is 36.6 Å². The predicted octanol–water partition coefficient (Wildman–Crippen LogP) is -0.567. The van der Waals surface area contributed by atoms with E-state index in [2.05, 4.69) is 10.6 Å². The quantitative estimate of drug-likeness (QED) is 0.568. The van der Waals surface area contributed by atoms with Crippen LogP contribution >= 0.6 is 0 Å². The average molecular weight is 200 g/mol. The Kier molecular flexibility index (Phi) is 3.88. The first-order valence-corrected chi connectivity index (χ1v) is 4.81. The molecule has 5 heteroatoms. The van der Waals surface area contributed by atoms with Gasteiger partial charge in [-0.3, -0.25) is 9.59 Å². The normalized spacial score (nSPS) is 26.1. The molecule has 1 heterocycles. The van der Waals surface area contributed by atoms with Crippen LogP contribution in [0.5, 0.6) is 0 Å². The Labute approximate surface area is 82.9 Å². The summed E-state index contributed by atoms with van der Waals surface area (Å²) < 4.78 is 0. The number of hydrogen-bond donors (Lipinski definition) is 3. The van der Waals surface area contributed by atoms with Gasteiger partial charge in [0.25, 0.3) is 0 Å². The lowest BCUT2D eigenvalue weighted by atomic mass is 9.97. The summed E-state index contributed by atoms with van der Waals surface area (Å²) in [5.41, 5.74) is 0. The molecule has 0 aromatic rings. The highest BCUT2D eigenvalue weighted by molar-refractivity contribution is 5.80. The first-order chi connectivity index (χ1) is 6.61. The fraction of sp³-hybridized carbons (Fsp3) is 0.778. The van der Waals surface area contributed by atoms with Gasteiger partial charge in [0, 0.05) is 13.1 Å².